The van der Waals surface area contributed by atoms with E-state index >= 15 is 0 Å². The third-order valence-corrected chi connectivity index (χ3v) is 2.26. The first-order valence-electron chi connectivity index (χ1n) is 4.79. The summed E-state index contributed by atoms with van der Waals surface area (Å²) >= 11 is 5.58. The van der Waals surface area contributed by atoms with Crippen molar-refractivity contribution in [2.45, 2.75) is 0 Å². The van der Waals surface area contributed by atoms with Crippen molar-refractivity contribution in [1.82, 2.24) is 0 Å². The fourth-order valence-corrected chi connectivity index (χ4v) is 1.47. The molecule has 0 fully saturated rings. The van der Waals surface area contributed by atoms with Gasteiger partial charge in [-0.25, -0.2) is 0 Å². The van der Waals surface area contributed by atoms with Crippen LogP contribution in [0.1, 0.15) is 5.56 Å². The molecular formula is C12H15ClO3. The van der Waals surface area contributed by atoms with Gasteiger partial charge in [-0.15, -0.1) is 11.6 Å². The van der Waals surface area contributed by atoms with Gasteiger partial charge in [0.05, 0.1) is 21.3 Å². The molecule has 0 heterocycles. The molecule has 0 bridgehead atoms. The molecule has 1 rings (SSSR count). The van der Waals surface area contributed by atoms with Crippen LogP contribution in [0, 0.1) is 0 Å². The lowest BCUT2D eigenvalue weighted by molar-refractivity contribution is 0.324. The molecule has 0 atom stereocenters. The van der Waals surface area contributed by atoms with Gasteiger partial charge in [0.2, 0.25) is 5.75 Å². The molecule has 4 heteroatoms. The van der Waals surface area contributed by atoms with Crippen LogP contribution in [0.5, 0.6) is 17.2 Å². The maximum atomic E-state index is 5.58. The Labute approximate surface area is 101 Å². The van der Waals surface area contributed by atoms with Crippen molar-refractivity contribution in [2.24, 2.45) is 0 Å². The van der Waals surface area contributed by atoms with Crippen molar-refractivity contribution in [3.05, 3.63) is 23.8 Å². The van der Waals surface area contributed by atoms with Crippen LogP contribution >= 0.6 is 11.6 Å². The summed E-state index contributed by atoms with van der Waals surface area (Å²) in [5.41, 5.74) is 0.954. The predicted octanol–water partition coefficient (Wildman–Crippen LogP) is 2.96. The van der Waals surface area contributed by atoms with E-state index in [1.165, 1.54) is 0 Å². The van der Waals surface area contributed by atoms with Crippen molar-refractivity contribution < 1.29 is 14.2 Å². The van der Waals surface area contributed by atoms with Crippen molar-refractivity contribution in [3.8, 4) is 17.2 Å². The number of allylic oxidation sites excluding steroid dienone is 1. The number of hydrogen-bond acceptors (Lipinski definition) is 3. The smallest absolute Gasteiger partial charge is 0.203 e. The molecule has 0 aliphatic carbocycles. The minimum absolute atomic E-state index is 0.469. The highest BCUT2D eigenvalue weighted by molar-refractivity contribution is 6.19. The van der Waals surface area contributed by atoms with Crippen LogP contribution in [-0.4, -0.2) is 27.2 Å². The highest BCUT2D eigenvalue weighted by Gasteiger charge is 2.11. The Hall–Kier alpha value is -1.35. The number of hydrogen-bond donors (Lipinski definition) is 0. The summed E-state index contributed by atoms with van der Waals surface area (Å²) in [4.78, 5) is 0. The Balaban J connectivity index is 3.20. The fraction of sp³-hybridized carbons (Fsp3) is 0.333. The molecule has 0 aliphatic rings. The molecule has 0 saturated carbocycles. The van der Waals surface area contributed by atoms with E-state index < -0.39 is 0 Å². The minimum atomic E-state index is 0.469. The molecule has 0 spiro atoms. The van der Waals surface area contributed by atoms with Gasteiger partial charge in [0.1, 0.15) is 0 Å². The monoisotopic (exact) mass is 242 g/mol. The molecule has 0 aromatic heterocycles. The molecule has 0 aliphatic heterocycles. The summed E-state index contributed by atoms with van der Waals surface area (Å²) in [5, 5.41) is 0. The van der Waals surface area contributed by atoms with Gasteiger partial charge in [-0.2, -0.15) is 0 Å². The zero-order valence-electron chi connectivity index (χ0n) is 9.62. The normalized spacial score (nSPS) is 10.5. The predicted molar refractivity (Wildman–Crippen MR) is 65.9 cm³/mol. The maximum Gasteiger partial charge on any atom is 0.203 e. The molecule has 1 aromatic carbocycles. The van der Waals surface area contributed by atoms with Gasteiger partial charge >= 0.3 is 0 Å². The summed E-state index contributed by atoms with van der Waals surface area (Å²) in [7, 11) is 4.76. The first kappa shape index (κ1) is 12.7. The molecule has 0 unspecified atom stereocenters. The second-order valence-electron chi connectivity index (χ2n) is 3.02. The van der Waals surface area contributed by atoms with Crippen molar-refractivity contribution >= 4 is 17.7 Å². The molecule has 1 aromatic rings. The lowest BCUT2D eigenvalue weighted by Gasteiger charge is -2.12. The van der Waals surface area contributed by atoms with Crippen molar-refractivity contribution in [3.63, 3.8) is 0 Å². The number of halogens is 1. The topological polar surface area (TPSA) is 27.7 Å². The average Bonchev–Trinajstić information content (AvgIpc) is 2.34. The van der Waals surface area contributed by atoms with E-state index in [1.807, 2.05) is 24.3 Å². The Morgan fingerprint density at radius 2 is 1.62 bits per heavy atom. The standard InChI is InChI=1S/C12H15ClO3/c1-14-10-7-9(5-4-6-13)8-11(15-2)12(10)16-3/h4-5,7-8H,6H2,1-3H3/b5-4+. The average molecular weight is 243 g/mol. The van der Waals surface area contributed by atoms with Crippen molar-refractivity contribution in [1.29, 1.82) is 0 Å². The van der Waals surface area contributed by atoms with E-state index in [-0.39, 0.29) is 0 Å². The third-order valence-electron chi connectivity index (χ3n) is 2.09. The second kappa shape index (κ2) is 6.28. The quantitative estimate of drug-likeness (QED) is 0.743. The molecule has 0 amide bonds. The van der Waals surface area contributed by atoms with Crippen LogP contribution in [-0.2, 0) is 0 Å². The van der Waals surface area contributed by atoms with E-state index in [0.717, 1.165) is 5.56 Å². The summed E-state index contributed by atoms with van der Waals surface area (Å²) < 4.78 is 15.7. The number of ether oxygens (including phenoxy) is 3. The van der Waals surface area contributed by atoms with Gasteiger partial charge in [-0.05, 0) is 17.7 Å². The Morgan fingerprint density at radius 1 is 1.06 bits per heavy atom. The fourth-order valence-electron chi connectivity index (χ4n) is 1.38. The van der Waals surface area contributed by atoms with E-state index in [0.29, 0.717) is 23.1 Å². The molecular weight excluding hydrogens is 228 g/mol. The van der Waals surface area contributed by atoms with Crippen LogP contribution in [0.2, 0.25) is 0 Å². The lowest BCUT2D eigenvalue weighted by Crippen LogP contribution is -1.95. The number of alkyl halides is 1. The Kier molecular flexibility index (Phi) is 4.99. The van der Waals surface area contributed by atoms with E-state index in [9.17, 15) is 0 Å². The van der Waals surface area contributed by atoms with Crippen LogP contribution < -0.4 is 14.2 Å². The number of benzene rings is 1. The second-order valence-corrected chi connectivity index (χ2v) is 3.32. The van der Waals surface area contributed by atoms with Crippen LogP contribution in [0.15, 0.2) is 18.2 Å². The van der Waals surface area contributed by atoms with Gasteiger partial charge in [0.15, 0.2) is 11.5 Å². The molecule has 0 radical (unpaired) electrons. The summed E-state index contributed by atoms with van der Waals surface area (Å²) in [6.07, 6.45) is 3.75. The first-order valence-corrected chi connectivity index (χ1v) is 5.32. The van der Waals surface area contributed by atoms with Gasteiger partial charge in [-0.3, -0.25) is 0 Å². The van der Waals surface area contributed by atoms with Gasteiger partial charge in [0, 0.05) is 5.88 Å². The van der Waals surface area contributed by atoms with Gasteiger partial charge < -0.3 is 14.2 Å². The van der Waals surface area contributed by atoms with Crippen LogP contribution in [0.25, 0.3) is 6.08 Å². The largest absolute Gasteiger partial charge is 0.493 e. The van der Waals surface area contributed by atoms with Gasteiger partial charge in [0.25, 0.3) is 0 Å². The van der Waals surface area contributed by atoms with Crippen molar-refractivity contribution in [2.75, 3.05) is 27.2 Å². The van der Waals surface area contributed by atoms with Crippen LogP contribution in [0.4, 0.5) is 0 Å². The minimum Gasteiger partial charge on any atom is -0.493 e. The Bertz CT molecular complexity index is 350. The van der Waals surface area contributed by atoms with Gasteiger partial charge in [-0.1, -0.05) is 12.2 Å². The summed E-state index contributed by atoms with van der Waals surface area (Å²) in [6.45, 7) is 0. The van der Waals surface area contributed by atoms with E-state index in [4.69, 9.17) is 25.8 Å². The maximum absolute atomic E-state index is 5.58. The summed E-state index contributed by atoms with van der Waals surface area (Å²) in [5.74, 6) is 2.33. The van der Waals surface area contributed by atoms with E-state index in [1.54, 1.807) is 21.3 Å². The zero-order chi connectivity index (χ0) is 12.0. The Morgan fingerprint density at radius 3 is 2.00 bits per heavy atom. The lowest BCUT2D eigenvalue weighted by atomic mass is 10.1. The third kappa shape index (κ3) is 2.83. The zero-order valence-corrected chi connectivity index (χ0v) is 10.4. The molecule has 0 saturated heterocycles. The molecule has 0 N–H and O–H groups in total. The highest BCUT2D eigenvalue weighted by Crippen LogP contribution is 2.38. The SMILES string of the molecule is COc1cc(/C=C/CCl)cc(OC)c1OC. The first-order chi connectivity index (χ1) is 7.76. The molecule has 3 nitrogen and oxygen atoms in total. The molecule has 16 heavy (non-hydrogen) atoms. The highest BCUT2D eigenvalue weighted by atomic mass is 35.5. The molecule has 88 valence electrons. The van der Waals surface area contributed by atoms with Crippen LogP contribution in [0.3, 0.4) is 0 Å². The number of methoxy groups -OCH3 is 3. The number of rotatable bonds is 5. The van der Waals surface area contributed by atoms with E-state index in [2.05, 4.69) is 0 Å². The summed E-state index contributed by atoms with van der Waals surface area (Å²) in [6, 6.07) is 3.73.